The molecule has 1 aromatic carbocycles. The van der Waals surface area contributed by atoms with Crippen molar-refractivity contribution in [2.24, 2.45) is 0 Å². The summed E-state index contributed by atoms with van der Waals surface area (Å²) in [6, 6.07) is 5.83. The summed E-state index contributed by atoms with van der Waals surface area (Å²) in [5.41, 5.74) is 8.51. The number of nitrogen functional groups attached to an aromatic ring is 1. The lowest BCUT2D eigenvalue weighted by Gasteiger charge is -2.04. The standard InChI is InChI=1S/C10H10ClN3/c1-6-3-2-4-7(9(6)11)8-5-13-14-10(8)12/h2-5H,1H3,(H3,12,13,14). The molecule has 0 aliphatic carbocycles. The highest BCUT2D eigenvalue weighted by Gasteiger charge is 2.09. The maximum absolute atomic E-state index is 6.16. The molecular weight excluding hydrogens is 198 g/mol. The number of anilines is 1. The summed E-state index contributed by atoms with van der Waals surface area (Å²) in [6.45, 7) is 1.96. The third-order valence-corrected chi connectivity index (χ3v) is 2.65. The summed E-state index contributed by atoms with van der Waals surface area (Å²) in [5, 5.41) is 7.27. The van der Waals surface area contributed by atoms with E-state index in [1.807, 2.05) is 25.1 Å². The van der Waals surface area contributed by atoms with E-state index in [0.29, 0.717) is 5.82 Å². The summed E-state index contributed by atoms with van der Waals surface area (Å²) in [4.78, 5) is 0. The fourth-order valence-corrected chi connectivity index (χ4v) is 1.59. The molecule has 0 radical (unpaired) electrons. The molecule has 2 aromatic rings. The van der Waals surface area contributed by atoms with Gasteiger partial charge in [-0.25, -0.2) is 0 Å². The van der Waals surface area contributed by atoms with Crippen molar-refractivity contribution in [3.05, 3.63) is 35.0 Å². The van der Waals surface area contributed by atoms with Crippen molar-refractivity contribution in [3.63, 3.8) is 0 Å². The maximum atomic E-state index is 6.16. The Balaban J connectivity index is 2.63. The van der Waals surface area contributed by atoms with Crippen LogP contribution in [0.5, 0.6) is 0 Å². The topological polar surface area (TPSA) is 54.7 Å². The second kappa shape index (κ2) is 3.35. The van der Waals surface area contributed by atoms with Gasteiger partial charge < -0.3 is 5.73 Å². The molecule has 72 valence electrons. The summed E-state index contributed by atoms with van der Waals surface area (Å²) in [7, 11) is 0. The minimum Gasteiger partial charge on any atom is -0.384 e. The molecule has 0 aliphatic rings. The van der Waals surface area contributed by atoms with Gasteiger partial charge in [0.25, 0.3) is 0 Å². The summed E-state index contributed by atoms with van der Waals surface area (Å²) < 4.78 is 0. The van der Waals surface area contributed by atoms with Gasteiger partial charge in [0.05, 0.1) is 11.2 Å². The van der Waals surface area contributed by atoms with Crippen molar-refractivity contribution >= 4 is 17.4 Å². The second-order valence-electron chi connectivity index (χ2n) is 3.13. The molecule has 4 heteroatoms. The molecule has 0 fully saturated rings. The normalized spacial score (nSPS) is 10.4. The molecule has 1 aromatic heterocycles. The maximum Gasteiger partial charge on any atom is 0.126 e. The minimum atomic E-state index is 0.539. The van der Waals surface area contributed by atoms with Crippen molar-refractivity contribution < 1.29 is 0 Å². The fourth-order valence-electron chi connectivity index (χ4n) is 1.37. The fraction of sp³-hybridized carbons (Fsp3) is 0.100. The van der Waals surface area contributed by atoms with Gasteiger partial charge in [-0.3, -0.25) is 5.10 Å². The number of aromatic nitrogens is 2. The Hall–Kier alpha value is -1.48. The first-order valence-electron chi connectivity index (χ1n) is 4.24. The van der Waals surface area contributed by atoms with Crippen LogP contribution in [0.25, 0.3) is 11.1 Å². The number of hydrogen-bond donors (Lipinski definition) is 2. The van der Waals surface area contributed by atoms with E-state index < -0.39 is 0 Å². The number of benzene rings is 1. The first kappa shape index (κ1) is 9.09. The molecule has 3 N–H and O–H groups in total. The molecule has 0 saturated heterocycles. The number of aryl methyl sites for hydroxylation is 1. The molecule has 0 saturated carbocycles. The summed E-state index contributed by atoms with van der Waals surface area (Å²) in [6.07, 6.45) is 1.68. The largest absolute Gasteiger partial charge is 0.384 e. The van der Waals surface area contributed by atoms with Crippen LogP contribution in [-0.2, 0) is 0 Å². The molecule has 1 heterocycles. The van der Waals surface area contributed by atoms with Gasteiger partial charge in [0.2, 0.25) is 0 Å². The molecular formula is C10H10ClN3. The average molecular weight is 208 g/mol. The summed E-state index contributed by atoms with van der Waals surface area (Å²) in [5.74, 6) is 0.539. The quantitative estimate of drug-likeness (QED) is 0.755. The zero-order valence-corrected chi connectivity index (χ0v) is 8.47. The van der Waals surface area contributed by atoms with E-state index in [2.05, 4.69) is 10.2 Å². The van der Waals surface area contributed by atoms with Crippen molar-refractivity contribution in [2.45, 2.75) is 6.92 Å². The molecule has 0 unspecified atom stereocenters. The Morgan fingerprint density at radius 1 is 1.36 bits per heavy atom. The highest BCUT2D eigenvalue weighted by Crippen LogP contribution is 2.32. The Bertz CT molecular complexity index is 462. The van der Waals surface area contributed by atoms with Gasteiger partial charge in [0, 0.05) is 11.1 Å². The van der Waals surface area contributed by atoms with Gasteiger partial charge in [0.15, 0.2) is 0 Å². The zero-order valence-electron chi connectivity index (χ0n) is 7.71. The molecule has 0 spiro atoms. The second-order valence-corrected chi connectivity index (χ2v) is 3.51. The van der Waals surface area contributed by atoms with Crippen LogP contribution in [0.3, 0.4) is 0 Å². The lowest BCUT2D eigenvalue weighted by Crippen LogP contribution is -1.89. The Morgan fingerprint density at radius 2 is 2.14 bits per heavy atom. The zero-order chi connectivity index (χ0) is 10.1. The lowest BCUT2D eigenvalue weighted by atomic mass is 10.1. The van der Waals surface area contributed by atoms with E-state index in [1.165, 1.54) is 0 Å². The highest BCUT2D eigenvalue weighted by molar-refractivity contribution is 6.34. The van der Waals surface area contributed by atoms with Gasteiger partial charge >= 0.3 is 0 Å². The molecule has 14 heavy (non-hydrogen) atoms. The molecule has 2 rings (SSSR count). The van der Waals surface area contributed by atoms with Gasteiger partial charge in [-0.15, -0.1) is 0 Å². The Labute approximate surface area is 86.9 Å². The number of nitrogens with one attached hydrogen (secondary N) is 1. The van der Waals surface area contributed by atoms with E-state index in [-0.39, 0.29) is 0 Å². The Morgan fingerprint density at radius 3 is 2.79 bits per heavy atom. The van der Waals surface area contributed by atoms with Crippen molar-refractivity contribution in [3.8, 4) is 11.1 Å². The van der Waals surface area contributed by atoms with E-state index in [0.717, 1.165) is 21.7 Å². The monoisotopic (exact) mass is 207 g/mol. The predicted molar refractivity (Wildman–Crippen MR) is 58.2 cm³/mol. The van der Waals surface area contributed by atoms with Crippen molar-refractivity contribution in [1.82, 2.24) is 10.2 Å². The van der Waals surface area contributed by atoms with Crippen LogP contribution in [0.1, 0.15) is 5.56 Å². The molecule has 0 aliphatic heterocycles. The van der Waals surface area contributed by atoms with Crippen LogP contribution < -0.4 is 5.73 Å². The Kier molecular flexibility index (Phi) is 2.17. The van der Waals surface area contributed by atoms with E-state index >= 15 is 0 Å². The average Bonchev–Trinajstić information content (AvgIpc) is 2.57. The van der Waals surface area contributed by atoms with E-state index in [4.69, 9.17) is 17.3 Å². The van der Waals surface area contributed by atoms with Crippen LogP contribution in [0.4, 0.5) is 5.82 Å². The lowest BCUT2D eigenvalue weighted by molar-refractivity contribution is 1.10. The smallest absolute Gasteiger partial charge is 0.126 e. The van der Waals surface area contributed by atoms with Crippen LogP contribution in [-0.4, -0.2) is 10.2 Å². The van der Waals surface area contributed by atoms with E-state index in [1.54, 1.807) is 6.20 Å². The third-order valence-electron chi connectivity index (χ3n) is 2.15. The molecule has 0 amide bonds. The van der Waals surface area contributed by atoms with Gasteiger partial charge in [-0.1, -0.05) is 29.8 Å². The minimum absolute atomic E-state index is 0.539. The third kappa shape index (κ3) is 1.36. The molecule has 3 nitrogen and oxygen atoms in total. The molecule has 0 atom stereocenters. The van der Waals surface area contributed by atoms with Crippen LogP contribution >= 0.6 is 11.6 Å². The SMILES string of the molecule is Cc1cccc(-c2cn[nH]c2N)c1Cl. The first-order chi connectivity index (χ1) is 6.70. The van der Waals surface area contributed by atoms with Crippen LogP contribution in [0, 0.1) is 6.92 Å². The summed E-state index contributed by atoms with van der Waals surface area (Å²) >= 11 is 6.16. The van der Waals surface area contributed by atoms with Gasteiger partial charge in [0.1, 0.15) is 5.82 Å². The number of nitrogens with zero attached hydrogens (tertiary/aromatic N) is 1. The first-order valence-corrected chi connectivity index (χ1v) is 4.62. The van der Waals surface area contributed by atoms with Crippen molar-refractivity contribution in [2.75, 3.05) is 5.73 Å². The highest BCUT2D eigenvalue weighted by atomic mass is 35.5. The van der Waals surface area contributed by atoms with Crippen LogP contribution in [0.2, 0.25) is 5.02 Å². The van der Waals surface area contributed by atoms with Gasteiger partial charge in [-0.2, -0.15) is 5.10 Å². The van der Waals surface area contributed by atoms with Crippen LogP contribution in [0.15, 0.2) is 24.4 Å². The number of rotatable bonds is 1. The number of H-pyrrole nitrogens is 1. The molecule has 0 bridgehead atoms. The van der Waals surface area contributed by atoms with Gasteiger partial charge in [-0.05, 0) is 12.5 Å². The number of nitrogens with two attached hydrogens (primary N) is 1. The van der Waals surface area contributed by atoms with Crippen molar-refractivity contribution in [1.29, 1.82) is 0 Å². The number of hydrogen-bond acceptors (Lipinski definition) is 2. The van der Waals surface area contributed by atoms with E-state index in [9.17, 15) is 0 Å². The predicted octanol–water partition coefficient (Wildman–Crippen LogP) is 2.62. The number of halogens is 1. The number of aromatic amines is 1.